The molecule has 0 aromatic carbocycles. The van der Waals surface area contributed by atoms with Crippen LogP contribution in [-0.2, 0) is 6.42 Å². The summed E-state index contributed by atoms with van der Waals surface area (Å²) < 4.78 is 0. The van der Waals surface area contributed by atoms with Crippen molar-refractivity contribution in [3.63, 3.8) is 0 Å². The van der Waals surface area contributed by atoms with E-state index in [4.69, 9.17) is 5.26 Å². The molecule has 0 saturated heterocycles. The van der Waals surface area contributed by atoms with Gasteiger partial charge < -0.3 is 0 Å². The molecule has 0 atom stereocenters. The molecule has 2 nitrogen and oxygen atoms in total. The van der Waals surface area contributed by atoms with E-state index in [0.29, 0.717) is 0 Å². The molecule has 1 aliphatic rings. The van der Waals surface area contributed by atoms with Crippen molar-refractivity contribution in [2.75, 3.05) is 0 Å². The van der Waals surface area contributed by atoms with Crippen molar-refractivity contribution in [2.45, 2.75) is 39.0 Å². The van der Waals surface area contributed by atoms with Crippen LogP contribution in [-0.4, -0.2) is 4.98 Å². The van der Waals surface area contributed by atoms with Crippen molar-refractivity contribution in [3.05, 3.63) is 16.1 Å². The molecule has 1 aromatic rings. The average Bonchev–Trinajstić information content (AvgIpc) is 2.51. The fourth-order valence-corrected chi connectivity index (χ4v) is 2.72. The first kappa shape index (κ1) is 9.67. The minimum absolute atomic E-state index is 0.0103. The van der Waals surface area contributed by atoms with E-state index in [1.165, 1.54) is 11.3 Å². The maximum absolute atomic E-state index is 9.07. The Balaban J connectivity index is 1.95. The van der Waals surface area contributed by atoms with Gasteiger partial charge in [-0.2, -0.15) is 5.26 Å². The Labute approximate surface area is 88.6 Å². The Morgan fingerprint density at radius 1 is 1.64 bits per heavy atom. The van der Waals surface area contributed by atoms with Crippen LogP contribution in [0.2, 0.25) is 0 Å². The molecule has 1 saturated carbocycles. The van der Waals surface area contributed by atoms with E-state index in [1.807, 2.05) is 12.4 Å². The van der Waals surface area contributed by atoms with Crippen LogP contribution in [0.25, 0.3) is 0 Å². The van der Waals surface area contributed by atoms with Crippen LogP contribution in [0.4, 0.5) is 0 Å². The van der Waals surface area contributed by atoms with Crippen LogP contribution < -0.4 is 0 Å². The number of nitriles is 1. The second kappa shape index (κ2) is 3.70. The summed E-state index contributed by atoms with van der Waals surface area (Å²) in [5, 5.41) is 9.07. The first-order chi connectivity index (χ1) is 6.76. The number of hydrogen-bond acceptors (Lipinski definition) is 3. The summed E-state index contributed by atoms with van der Waals surface area (Å²) in [6.07, 6.45) is 5.48. The molecule has 0 N–H and O–H groups in total. The van der Waals surface area contributed by atoms with Gasteiger partial charge in [0.2, 0.25) is 0 Å². The van der Waals surface area contributed by atoms with Crippen molar-refractivity contribution in [3.8, 4) is 6.07 Å². The largest absolute Gasteiger partial charge is 0.250 e. The lowest BCUT2D eigenvalue weighted by molar-refractivity contribution is 0.198. The van der Waals surface area contributed by atoms with Gasteiger partial charge in [0.15, 0.2) is 0 Å². The maximum atomic E-state index is 9.07. The topological polar surface area (TPSA) is 36.7 Å². The Hall–Kier alpha value is -0.880. The van der Waals surface area contributed by atoms with Crippen molar-refractivity contribution in [1.29, 1.82) is 5.26 Å². The maximum Gasteiger partial charge on any atom is 0.0797 e. The Kier molecular flexibility index (Phi) is 2.56. The predicted molar refractivity (Wildman–Crippen MR) is 57.1 cm³/mol. The molecular formula is C11H14N2S. The fourth-order valence-electron chi connectivity index (χ4n) is 1.94. The summed E-state index contributed by atoms with van der Waals surface area (Å²) in [4.78, 5) is 5.58. The van der Waals surface area contributed by atoms with Gasteiger partial charge in [-0.05, 0) is 32.6 Å². The summed E-state index contributed by atoms with van der Waals surface area (Å²) >= 11 is 1.71. The minimum Gasteiger partial charge on any atom is -0.250 e. The van der Waals surface area contributed by atoms with Gasteiger partial charge in [0.1, 0.15) is 0 Å². The molecule has 14 heavy (non-hydrogen) atoms. The average molecular weight is 206 g/mol. The summed E-state index contributed by atoms with van der Waals surface area (Å²) in [5.41, 5.74) is 3.04. The normalized spacial score (nSPS) is 18.6. The summed E-state index contributed by atoms with van der Waals surface area (Å²) in [6.45, 7) is 2.05. The molecule has 0 aliphatic heterocycles. The highest BCUT2D eigenvalue weighted by Crippen LogP contribution is 2.44. The molecular weight excluding hydrogens is 192 g/mol. The third kappa shape index (κ3) is 1.67. The lowest BCUT2D eigenvalue weighted by Crippen LogP contribution is -2.27. The molecule has 0 bridgehead atoms. The van der Waals surface area contributed by atoms with Gasteiger partial charge in [-0.15, -0.1) is 11.3 Å². The van der Waals surface area contributed by atoms with E-state index in [1.54, 1.807) is 11.3 Å². The summed E-state index contributed by atoms with van der Waals surface area (Å²) in [6, 6.07) is 2.48. The number of aryl methyl sites for hydroxylation is 2. The molecule has 3 heteroatoms. The van der Waals surface area contributed by atoms with Crippen molar-refractivity contribution in [1.82, 2.24) is 4.98 Å². The van der Waals surface area contributed by atoms with E-state index in [2.05, 4.69) is 11.1 Å². The van der Waals surface area contributed by atoms with Gasteiger partial charge in [0, 0.05) is 4.88 Å². The van der Waals surface area contributed by atoms with Gasteiger partial charge in [-0.1, -0.05) is 6.42 Å². The van der Waals surface area contributed by atoms with Gasteiger partial charge >= 0.3 is 0 Å². The van der Waals surface area contributed by atoms with Crippen molar-refractivity contribution >= 4 is 11.3 Å². The van der Waals surface area contributed by atoms with E-state index >= 15 is 0 Å². The highest BCUT2D eigenvalue weighted by molar-refractivity contribution is 7.09. The van der Waals surface area contributed by atoms with Gasteiger partial charge in [-0.25, -0.2) is 4.98 Å². The molecule has 0 spiro atoms. The van der Waals surface area contributed by atoms with Gasteiger partial charge in [0.25, 0.3) is 0 Å². The minimum atomic E-state index is 0.0103. The molecule has 0 unspecified atom stereocenters. The zero-order valence-electron chi connectivity index (χ0n) is 8.42. The number of aromatic nitrogens is 1. The number of thiazole rings is 1. The lowest BCUT2D eigenvalue weighted by Gasteiger charge is -2.35. The molecule has 74 valence electrons. The second-order valence-corrected chi connectivity index (χ2v) is 5.05. The van der Waals surface area contributed by atoms with E-state index < -0.39 is 0 Å². The van der Waals surface area contributed by atoms with Gasteiger partial charge in [-0.3, -0.25) is 0 Å². The Morgan fingerprint density at radius 3 is 2.86 bits per heavy atom. The Morgan fingerprint density at radius 2 is 2.43 bits per heavy atom. The van der Waals surface area contributed by atoms with Crippen LogP contribution >= 0.6 is 11.3 Å². The quantitative estimate of drug-likeness (QED) is 0.762. The highest BCUT2D eigenvalue weighted by Gasteiger charge is 2.36. The number of rotatable bonds is 3. The zero-order chi connectivity index (χ0) is 10.0. The highest BCUT2D eigenvalue weighted by atomic mass is 32.1. The van der Waals surface area contributed by atoms with E-state index in [-0.39, 0.29) is 5.41 Å². The summed E-state index contributed by atoms with van der Waals surface area (Å²) in [5.74, 6) is 0. The first-order valence-electron chi connectivity index (χ1n) is 5.06. The monoisotopic (exact) mass is 206 g/mol. The lowest BCUT2D eigenvalue weighted by atomic mass is 9.67. The molecule has 0 amide bonds. The zero-order valence-corrected chi connectivity index (χ0v) is 9.23. The molecule has 0 radical (unpaired) electrons. The second-order valence-electron chi connectivity index (χ2n) is 4.11. The summed E-state index contributed by atoms with van der Waals surface area (Å²) in [7, 11) is 0. The van der Waals surface area contributed by atoms with E-state index in [9.17, 15) is 0 Å². The van der Waals surface area contributed by atoms with Crippen molar-refractivity contribution in [2.24, 2.45) is 5.41 Å². The predicted octanol–water partition coefficient (Wildman–Crippen LogP) is 3.08. The third-order valence-electron chi connectivity index (χ3n) is 3.22. The number of nitrogens with zero attached hydrogens (tertiary/aromatic N) is 2. The molecule has 1 fully saturated rings. The van der Waals surface area contributed by atoms with Crippen LogP contribution in [0, 0.1) is 23.7 Å². The SMILES string of the molecule is Cc1ncsc1CCC1(C#N)CCC1. The van der Waals surface area contributed by atoms with Crippen LogP contribution in [0.5, 0.6) is 0 Å². The van der Waals surface area contributed by atoms with Crippen LogP contribution in [0.1, 0.15) is 36.3 Å². The van der Waals surface area contributed by atoms with Crippen molar-refractivity contribution < 1.29 is 0 Å². The Bertz CT molecular complexity index is 358. The van der Waals surface area contributed by atoms with Gasteiger partial charge in [0.05, 0.1) is 22.7 Å². The third-order valence-corrected chi connectivity index (χ3v) is 4.22. The smallest absolute Gasteiger partial charge is 0.0797 e. The molecule has 2 rings (SSSR count). The standard InChI is InChI=1S/C11H14N2S/c1-9-10(14-8-13-9)3-6-11(7-12)4-2-5-11/h8H,2-6H2,1H3. The van der Waals surface area contributed by atoms with E-state index in [0.717, 1.165) is 31.4 Å². The first-order valence-corrected chi connectivity index (χ1v) is 5.94. The van der Waals surface area contributed by atoms with Crippen LogP contribution in [0.15, 0.2) is 5.51 Å². The number of hydrogen-bond donors (Lipinski definition) is 0. The molecule has 1 aromatic heterocycles. The van der Waals surface area contributed by atoms with Crippen LogP contribution in [0.3, 0.4) is 0 Å². The molecule has 1 aliphatic carbocycles. The molecule has 1 heterocycles. The fraction of sp³-hybridized carbons (Fsp3) is 0.636.